The quantitative estimate of drug-likeness (QED) is 0.388. The third-order valence-electron chi connectivity index (χ3n) is 5.63. The van der Waals surface area contributed by atoms with E-state index in [2.05, 4.69) is 5.32 Å². The summed E-state index contributed by atoms with van der Waals surface area (Å²) in [5.74, 6) is 0.386. The normalized spacial score (nSPS) is 12.1. The van der Waals surface area contributed by atoms with Gasteiger partial charge in [0.25, 0.3) is 5.91 Å². The van der Waals surface area contributed by atoms with Crippen LogP contribution in [0.5, 0.6) is 23.0 Å². The number of nitrogens with one attached hydrogen (secondary N) is 1. The Labute approximate surface area is 226 Å². The number of amides is 2. The zero-order valence-electron chi connectivity index (χ0n) is 22.1. The van der Waals surface area contributed by atoms with Crippen molar-refractivity contribution in [1.29, 1.82) is 0 Å². The molecule has 10 heteroatoms. The van der Waals surface area contributed by atoms with E-state index < -0.39 is 23.6 Å². The Balaban J connectivity index is 1.53. The first-order valence-corrected chi connectivity index (χ1v) is 12.3. The predicted molar refractivity (Wildman–Crippen MR) is 144 cm³/mol. The van der Waals surface area contributed by atoms with Gasteiger partial charge in [-0.05, 0) is 62.7 Å². The highest BCUT2D eigenvalue weighted by molar-refractivity contribution is 5.99. The first-order valence-electron chi connectivity index (χ1n) is 12.3. The summed E-state index contributed by atoms with van der Waals surface area (Å²) in [5, 5.41) is 11.9. The average molecular weight is 535 g/mol. The second-order valence-electron chi connectivity index (χ2n) is 9.86. The third-order valence-corrected chi connectivity index (χ3v) is 5.63. The summed E-state index contributed by atoms with van der Waals surface area (Å²) in [6, 6.07) is 16.3. The van der Waals surface area contributed by atoms with Gasteiger partial charge in [-0.25, -0.2) is 9.59 Å². The lowest BCUT2D eigenvalue weighted by molar-refractivity contribution is -0.118. The molecule has 204 valence electrons. The average Bonchev–Trinajstić information content (AvgIpc) is 3.35. The van der Waals surface area contributed by atoms with Gasteiger partial charge in [-0.15, -0.1) is 0 Å². The molecule has 39 heavy (non-hydrogen) atoms. The van der Waals surface area contributed by atoms with Crippen LogP contribution in [0.15, 0.2) is 60.7 Å². The number of benzene rings is 3. The van der Waals surface area contributed by atoms with Crippen LogP contribution in [-0.4, -0.2) is 48.9 Å². The van der Waals surface area contributed by atoms with Gasteiger partial charge in [0.05, 0.1) is 23.5 Å². The number of nitrogens with zero attached hydrogens (tertiary/aromatic N) is 1. The van der Waals surface area contributed by atoms with E-state index in [0.717, 1.165) is 17.7 Å². The van der Waals surface area contributed by atoms with E-state index in [-0.39, 0.29) is 17.9 Å². The van der Waals surface area contributed by atoms with Gasteiger partial charge in [0.2, 0.25) is 0 Å². The Morgan fingerprint density at radius 2 is 1.74 bits per heavy atom. The summed E-state index contributed by atoms with van der Waals surface area (Å²) in [6.07, 6.45) is 0.228. The van der Waals surface area contributed by atoms with Gasteiger partial charge < -0.3 is 29.4 Å². The van der Waals surface area contributed by atoms with Crippen LogP contribution in [-0.2, 0) is 16.0 Å². The summed E-state index contributed by atoms with van der Waals surface area (Å²) in [5.41, 5.74) is 1.08. The van der Waals surface area contributed by atoms with Gasteiger partial charge in [0.15, 0.2) is 6.61 Å². The Hall–Kier alpha value is -4.73. The predicted octanol–water partition coefficient (Wildman–Crippen LogP) is 5.50. The number of carboxylic acid groups (broad SMARTS) is 1. The largest absolute Gasteiger partial charge is 0.493 e. The summed E-state index contributed by atoms with van der Waals surface area (Å²) in [4.78, 5) is 38.0. The van der Waals surface area contributed by atoms with Crippen LogP contribution < -0.4 is 24.4 Å². The molecule has 0 aliphatic carbocycles. The molecule has 4 rings (SSSR count). The topological polar surface area (TPSA) is 124 Å². The molecular weight excluding hydrogens is 504 g/mol. The van der Waals surface area contributed by atoms with Crippen molar-refractivity contribution in [1.82, 2.24) is 0 Å². The van der Waals surface area contributed by atoms with Crippen molar-refractivity contribution in [3.8, 4) is 23.0 Å². The molecule has 3 aromatic rings. The van der Waals surface area contributed by atoms with Crippen LogP contribution in [0.1, 0.15) is 36.7 Å². The number of carboxylic acids is 1. The summed E-state index contributed by atoms with van der Waals surface area (Å²) in [6.45, 7) is 5.52. The number of hydrogen-bond acceptors (Lipinski definition) is 7. The minimum absolute atomic E-state index is 0.0414. The Morgan fingerprint density at radius 3 is 2.49 bits per heavy atom. The van der Waals surface area contributed by atoms with Crippen molar-refractivity contribution in [3.05, 3.63) is 71.8 Å². The molecular formula is C29H30N2O8. The van der Waals surface area contributed by atoms with E-state index in [0.29, 0.717) is 29.5 Å². The van der Waals surface area contributed by atoms with Gasteiger partial charge in [-0.2, -0.15) is 0 Å². The Bertz CT molecular complexity index is 1400. The van der Waals surface area contributed by atoms with Crippen LogP contribution in [0.25, 0.3) is 0 Å². The van der Waals surface area contributed by atoms with Crippen LogP contribution in [0.4, 0.5) is 16.2 Å². The minimum atomic E-state index is -1.10. The monoisotopic (exact) mass is 534 g/mol. The number of carbonyl (C=O) groups excluding carboxylic acids is 2. The highest BCUT2D eigenvalue weighted by Gasteiger charge is 2.24. The summed E-state index contributed by atoms with van der Waals surface area (Å²) < 4.78 is 22.6. The van der Waals surface area contributed by atoms with E-state index in [4.69, 9.17) is 24.1 Å². The number of fused-ring (bicyclic) bond motifs is 1. The molecule has 0 bridgehead atoms. The van der Waals surface area contributed by atoms with Crippen molar-refractivity contribution in [2.45, 2.75) is 32.8 Å². The Morgan fingerprint density at radius 1 is 1.00 bits per heavy atom. The van der Waals surface area contributed by atoms with Crippen molar-refractivity contribution in [2.24, 2.45) is 0 Å². The van der Waals surface area contributed by atoms with E-state index >= 15 is 0 Å². The molecule has 0 fully saturated rings. The van der Waals surface area contributed by atoms with E-state index in [9.17, 15) is 14.4 Å². The van der Waals surface area contributed by atoms with E-state index in [1.807, 2.05) is 18.2 Å². The number of carbonyl (C=O) groups is 3. The van der Waals surface area contributed by atoms with Gasteiger partial charge >= 0.3 is 12.1 Å². The lowest BCUT2D eigenvalue weighted by Crippen LogP contribution is -2.34. The smallest absolute Gasteiger partial charge is 0.414 e. The van der Waals surface area contributed by atoms with E-state index in [1.54, 1.807) is 45.0 Å². The molecule has 2 N–H and O–H groups in total. The second kappa shape index (κ2) is 11.3. The molecule has 0 saturated heterocycles. The molecule has 1 heterocycles. The summed E-state index contributed by atoms with van der Waals surface area (Å²) in [7, 11) is 1.53. The van der Waals surface area contributed by atoms with Crippen LogP contribution in [0.2, 0.25) is 0 Å². The van der Waals surface area contributed by atoms with Gasteiger partial charge in [0, 0.05) is 25.6 Å². The second-order valence-corrected chi connectivity index (χ2v) is 9.86. The molecule has 0 aromatic heterocycles. The van der Waals surface area contributed by atoms with Crippen LogP contribution >= 0.6 is 0 Å². The zero-order valence-corrected chi connectivity index (χ0v) is 22.1. The lowest BCUT2D eigenvalue weighted by atomic mass is 10.1. The fourth-order valence-corrected chi connectivity index (χ4v) is 3.79. The fraction of sp³-hybridized carbons (Fsp3) is 0.276. The molecule has 0 saturated carbocycles. The van der Waals surface area contributed by atoms with Gasteiger partial charge in [-0.3, -0.25) is 9.69 Å². The van der Waals surface area contributed by atoms with Crippen LogP contribution in [0.3, 0.4) is 0 Å². The molecule has 1 aliphatic rings. The van der Waals surface area contributed by atoms with Gasteiger partial charge in [0.1, 0.15) is 28.6 Å². The van der Waals surface area contributed by atoms with Crippen LogP contribution in [0, 0.1) is 0 Å². The van der Waals surface area contributed by atoms with Gasteiger partial charge in [-0.1, -0.05) is 12.1 Å². The van der Waals surface area contributed by atoms with Crippen molar-refractivity contribution < 1.29 is 38.4 Å². The molecule has 0 spiro atoms. The highest BCUT2D eigenvalue weighted by Crippen LogP contribution is 2.35. The fourth-order valence-electron chi connectivity index (χ4n) is 3.79. The maximum absolute atomic E-state index is 12.9. The molecule has 10 nitrogen and oxygen atoms in total. The standard InChI is InChI=1S/C29H30N2O8/c1-29(2,3)39-28(35)31(4)24-15-21(38-22-9-8-18-12-13-36-25(18)16-22)10-11-23(24)30-26(32)17-37-20-7-5-6-19(14-20)27(33)34/h5-11,14-16H,12-13,17H2,1-4H3,(H,30,32)(H,33,34). The van der Waals surface area contributed by atoms with Crippen molar-refractivity contribution in [2.75, 3.05) is 30.5 Å². The molecule has 0 radical (unpaired) electrons. The number of ether oxygens (including phenoxy) is 4. The zero-order chi connectivity index (χ0) is 28.2. The molecule has 0 atom stereocenters. The maximum atomic E-state index is 12.9. The molecule has 2 amide bonds. The SMILES string of the molecule is CN(C(=O)OC(C)(C)C)c1cc(Oc2ccc3c(c2)OCC3)ccc1NC(=O)COc1cccc(C(=O)O)c1. The van der Waals surface area contributed by atoms with Crippen molar-refractivity contribution in [3.63, 3.8) is 0 Å². The number of anilines is 2. The molecule has 1 aliphatic heterocycles. The van der Waals surface area contributed by atoms with E-state index in [1.165, 1.54) is 30.1 Å². The first kappa shape index (κ1) is 27.3. The summed E-state index contributed by atoms with van der Waals surface area (Å²) >= 11 is 0. The molecule has 3 aromatic carbocycles. The Kier molecular flexibility index (Phi) is 7.94. The minimum Gasteiger partial charge on any atom is -0.493 e. The molecule has 0 unspecified atom stereocenters. The maximum Gasteiger partial charge on any atom is 0.414 e. The van der Waals surface area contributed by atoms with Crippen molar-refractivity contribution >= 4 is 29.3 Å². The number of hydrogen-bond donors (Lipinski definition) is 2. The number of rotatable bonds is 8. The lowest BCUT2D eigenvalue weighted by Gasteiger charge is -2.26. The highest BCUT2D eigenvalue weighted by atomic mass is 16.6. The third kappa shape index (κ3) is 7.19. The number of aromatic carboxylic acids is 1. The first-order chi connectivity index (χ1) is 18.5.